The lowest BCUT2D eigenvalue weighted by Gasteiger charge is -2.06. The van der Waals surface area contributed by atoms with Crippen molar-refractivity contribution in [3.05, 3.63) is 70.2 Å². The van der Waals surface area contributed by atoms with Gasteiger partial charge in [0.15, 0.2) is 0 Å². The summed E-state index contributed by atoms with van der Waals surface area (Å²) in [6.07, 6.45) is 3.04. The lowest BCUT2D eigenvalue weighted by molar-refractivity contribution is 0.0431. The molecule has 0 radical (unpaired) electrons. The van der Waals surface area contributed by atoms with Crippen molar-refractivity contribution in [3.63, 3.8) is 0 Å². The monoisotopic (exact) mass is 284 g/mol. The van der Waals surface area contributed by atoms with E-state index in [1.165, 1.54) is 22.8 Å². The topological polar surface area (TPSA) is 73.8 Å². The SMILES string of the molecule is Cc1cccn2c(=O)cc(COC(=O)c3ccco3)nc12. The number of nitrogens with zero attached hydrogens (tertiary/aromatic N) is 2. The van der Waals surface area contributed by atoms with Crippen LogP contribution in [0.3, 0.4) is 0 Å². The number of ether oxygens (including phenoxy) is 1. The molecular weight excluding hydrogens is 272 g/mol. The van der Waals surface area contributed by atoms with Crippen molar-refractivity contribution in [2.45, 2.75) is 13.5 Å². The maximum Gasteiger partial charge on any atom is 0.374 e. The Kier molecular flexibility index (Phi) is 3.27. The Balaban J connectivity index is 1.86. The Morgan fingerprint density at radius 2 is 2.24 bits per heavy atom. The van der Waals surface area contributed by atoms with E-state index in [2.05, 4.69) is 4.98 Å². The second-order valence-corrected chi connectivity index (χ2v) is 4.52. The van der Waals surface area contributed by atoms with Gasteiger partial charge in [0.2, 0.25) is 5.76 Å². The Labute approximate surface area is 119 Å². The molecule has 0 unspecified atom stereocenters. The van der Waals surface area contributed by atoms with Crippen LogP contribution in [0.15, 0.2) is 52.0 Å². The normalized spacial score (nSPS) is 10.7. The molecular formula is C15H12N2O4. The number of aryl methyl sites for hydroxylation is 1. The van der Waals surface area contributed by atoms with Crippen LogP contribution in [-0.2, 0) is 11.3 Å². The lowest BCUT2D eigenvalue weighted by Crippen LogP contribution is -2.17. The summed E-state index contributed by atoms with van der Waals surface area (Å²) in [4.78, 5) is 28.0. The molecule has 3 rings (SSSR count). The number of furan rings is 1. The highest BCUT2D eigenvalue weighted by atomic mass is 16.5. The van der Waals surface area contributed by atoms with E-state index in [1.807, 2.05) is 13.0 Å². The standard InChI is InChI=1S/C15H12N2O4/c1-10-4-2-6-17-13(18)8-11(16-14(10)17)9-21-15(19)12-5-3-7-20-12/h2-8H,9H2,1H3. The summed E-state index contributed by atoms with van der Waals surface area (Å²) in [6, 6.07) is 8.10. The van der Waals surface area contributed by atoms with Gasteiger partial charge in [-0.1, -0.05) is 6.07 Å². The van der Waals surface area contributed by atoms with Crippen LogP contribution in [-0.4, -0.2) is 15.4 Å². The van der Waals surface area contributed by atoms with Gasteiger partial charge < -0.3 is 9.15 Å². The molecule has 3 aromatic heterocycles. The first-order valence-electron chi connectivity index (χ1n) is 6.34. The molecule has 0 saturated heterocycles. The number of carbonyl (C=O) groups excluding carboxylic acids is 1. The molecule has 0 amide bonds. The van der Waals surface area contributed by atoms with E-state index in [0.29, 0.717) is 11.3 Å². The number of hydrogen-bond acceptors (Lipinski definition) is 5. The molecule has 21 heavy (non-hydrogen) atoms. The zero-order chi connectivity index (χ0) is 14.8. The van der Waals surface area contributed by atoms with Gasteiger partial charge >= 0.3 is 5.97 Å². The Morgan fingerprint density at radius 3 is 3.00 bits per heavy atom. The van der Waals surface area contributed by atoms with Gasteiger partial charge in [0.1, 0.15) is 12.3 Å². The van der Waals surface area contributed by atoms with Crippen LogP contribution in [0.5, 0.6) is 0 Å². The van der Waals surface area contributed by atoms with Gasteiger partial charge in [-0.25, -0.2) is 9.78 Å². The molecule has 0 aliphatic rings. The highest BCUT2D eigenvalue weighted by Gasteiger charge is 2.11. The van der Waals surface area contributed by atoms with Crippen molar-refractivity contribution in [1.82, 2.24) is 9.38 Å². The van der Waals surface area contributed by atoms with E-state index in [4.69, 9.17) is 9.15 Å². The predicted molar refractivity (Wildman–Crippen MR) is 74.0 cm³/mol. The molecule has 0 atom stereocenters. The largest absolute Gasteiger partial charge is 0.457 e. The van der Waals surface area contributed by atoms with E-state index in [1.54, 1.807) is 18.3 Å². The molecule has 0 aromatic carbocycles. The van der Waals surface area contributed by atoms with Crippen molar-refractivity contribution < 1.29 is 13.9 Å². The van der Waals surface area contributed by atoms with Gasteiger partial charge in [0, 0.05) is 12.3 Å². The molecule has 6 heteroatoms. The lowest BCUT2D eigenvalue weighted by atomic mass is 10.3. The van der Waals surface area contributed by atoms with Crippen LogP contribution in [0.25, 0.3) is 5.65 Å². The molecule has 0 aliphatic heterocycles. The van der Waals surface area contributed by atoms with E-state index < -0.39 is 5.97 Å². The number of fused-ring (bicyclic) bond motifs is 1. The summed E-state index contributed by atoms with van der Waals surface area (Å²) in [5.41, 5.74) is 1.60. The Bertz CT molecular complexity index is 850. The highest BCUT2D eigenvalue weighted by molar-refractivity contribution is 5.86. The van der Waals surface area contributed by atoms with Gasteiger partial charge in [-0.05, 0) is 30.7 Å². The van der Waals surface area contributed by atoms with Crippen LogP contribution in [0, 0.1) is 6.92 Å². The Hall–Kier alpha value is -2.89. The minimum Gasteiger partial charge on any atom is -0.457 e. The fraction of sp³-hybridized carbons (Fsp3) is 0.133. The molecule has 0 saturated carbocycles. The fourth-order valence-corrected chi connectivity index (χ4v) is 1.99. The summed E-state index contributed by atoms with van der Waals surface area (Å²) in [5, 5.41) is 0. The van der Waals surface area contributed by atoms with Crippen molar-refractivity contribution in [3.8, 4) is 0 Å². The second kappa shape index (κ2) is 5.24. The molecule has 0 N–H and O–H groups in total. The van der Waals surface area contributed by atoms with Crippen LogP contribution in [0.4, 0.5) is 0 Å². The van der Waals surface area contributed by atoms with Gasteiger partial charge in [0.25, 0.3) is 5.56 Å². The first kappa shape index (κ1) is 13.1. The first-order chi connectivity index (χ1) is 10.1. The maximum absolute atomic E-state index is 12.0. The highest BCUT2D eigenvalue weighted by Crippen LogP contribution is 2.08. The minimum atomic E-state index is -0.591. The summed E-state index contributed by atoms with van der Waals surface area (Å²) < 4.78 is 11.5. The molecule has 6 nitrogen and oxygen atoms in total. The summed E-state index contributed by atoms with van der Waals surface area (Å²) >= 11 is 0. The van der Waals surface area contributed by atoms with Gasteiger partial charge in [-0.2, -0.15) is 0 Å². The van der Waals surface area contributed by atoms with Gasteiger partial charge in [0.05, 0.1) is 12.0 Å². The molecule has 0 spiro atoms. The maximum atomic E-state index is 12.0. The Morgan fingerprint density at radius 1 is 1.38 bits per heavy atom. The molecule has 0 fully saturated rings. The van der Waals surface area contributed by atoms with Crippen molar-refractivity contribution in [2.24, 2.45) is 0 Å². The second-order valence-electron chi connectivity index (χ2n) is 4.52. The number of carbonyl (C=O) groups is 1. The van der Waals surface area contributed by atoms with Crippen LogP contribution in [0.2, 0.25) is 0 Å². The van der Waals surface area contributed by atoms with Gasteiger partial charge in [-0.15, -0.1) is 0 Å². The zero-order valence-corrected chi connectivity index (χ0v) is 11.3. The molecule has 3 aromatic rings. The van der Waals surface area contributed by atoms with Crippen LogP contribution in [0.1, 0.15) is 21.8 Å². The average molecular weight is 284 g/mol. The van der Waals surface area contributed by atoms with Gasteiger partial charge in [-0.3, -0.25) is 9.20 Å². The molecule has 3 heterocycles. The summed E-state index contributed by atoms with van der Waals surface area (Å²) in [6.45, 7) is 1.78. The molecule has 0 bridgehead atoms. The van der Waals surface area contributed by atoms with Crippen molar-refractivity contribution in [2.75, 3.05) is 0 Å². The number of esters is 1. The summed E-state index contributed by atoms with van der Waals surface area (Å²) in [5.74, 6) is -0.476. The zero-order valence-electron chi connectivity index (χ0n) is 11.3. The van der Waals surface area contributed by atoms with E-state index >= 15 is 0 Å². The number of aromatic nitrogens is 2. The fourth-order valence-electron chi connectivity index (χ4n) is 1.99. The molecule has 0 aliphatic carbocycles. The minimum absolute atomic E-state index is 0.0837. The van der Waals surface area contributed by atoms with E-state index in [0.717, 1.165) is 5.56 Å². The smallest absolute Gasteiger partial charge is 0.374 e. The number of hydrogen-bond donors (Lipinski definition) is 0. The number of pyridine rings is 1. The summed E-state index contributed by atoms with van der Waals surface area (Å²) in [7, 11) is 0. The van der Waals surface area contributed by atoms with Crippen LogP contribution < -0.4 is 5.56 Å². The molecule has 106 valence electrons. The van der Waals surface area contributed by atoms with E-state index in [9.17, 15) is 9.59 Å². The van der Waals surface area contributed by atoms with Crippen molar-refractivity contribution in [1.29, 1.82) is 0 Å². The van der Waals surface area contributed by atoms with Crippen molar-refractivity contribution >= 4 is 11.6 Å². The third-order valence-electron chi connectivity index (χ3n) is 3.01. The van der Waals surface area contributed by atoms with Crippen LogP contribution >= 0.6 is 0 Å². The third kappa shape index (κ3) is 2.55. The first-order valence-corrected chi connectivity index (χ1v) is 6.34. The quantitative estimate of drug-likeness (QED) is 0.687. The third-order valence-corrected chi connectivity index (χ3v) is 3.01. The average Bonchev–Trinajstić information content (AvgIpc) is 3.00. The number of rotatable bonds is 3. The predicted octanol–water partition coefficient (Wildman–Crippen LogP) is 1.95. The van der Waals surface area contributed by atoms with E-state index in [-0.39, 0.29) is 17.9 Å².